The lowest BCUT2D eigenvalue weighted by Crippen LogP contribution is -2.60. The van der Waals surface area contributed by atoms with Crippen molar-refractivity contribution in [2.24, 2.45) is 5.73 Å². The number of rotatable bonds is 7. The van der Waals surface area contributed by atoms with Crippen LogP contribution in [0.15, 0.2) is 30.5 Å². The zero-order valence-electron chi connectivity index (χ0n) is 24.9. The number of halogens is 3. The predicted octanol–water partition coefficient (Wildman–Crippen LogP) is 5.46. The van der Waals surface area contributed by atoms with Crippen LogP contribution in [0.5, 0.6) is 5.75 Å². The average Bonchev–Trinajstić information content (AvgIpc) is 3.21. The highest BCUT2D eigenvalue weighted by Gasteiger charge is 2.34. The highest BCUT2D eigenvalue weighted by atomic mass is 19.3. The third-order valence-corrected chi connectivity index (χ3v) is 8.90. The van der Waals surface area contributed by atoms with Gasteiger partial charge in [0.25, 0.3) is 6.43 Å². The molecule has 8 nitrogen and oxygen atoms in total. The highest BCUT2D eigenvalue weighted by Crippen LogP contribution is 2.43. The summed E-state index contributed by atoms with van der Waals surface area (Å²) in [5, 5.41) is 11.6. The normalized spacial score (nSPS) is 17.8. The minimum Gasteiger partial charge on any atom is -0.508 e. The third kappa shape index (κ3) is 5.26. The second-order valence-corrected chi connectivity index (χ2v) is 11.6. The first-order valence-corrected chi connectivity index (χ1v) is 15.1. The molecule has 2 saturated heterocycles. The molecule has 2 fully saturated rings. The molecule has 0 amide bonds. The second-order valence-electron chi connectivity index (χ2n) is 11.6. The number of alkyl halides is 2. The topological polar surface area (TPSA) is 94.6 Å². The van der Waals surface area contributed by atoms with Gasteiger partial charge in [-0.2, -0.15) is 4.98 Å². The standard InChI is InChI=1S/C33H36F3N7O/c1-4-23-26(34)11-10-19-13-22(44)14-24(27(19)23)29-28(31(35)36)30-25(15-38-29)32(42-12-8-7-9-20(37)16-42)40-33(39-30)43-17-21(18-43)41(5-2)6-3/h1,10-11,13-15,20-21,31,44H,5-9,12,16-18,37H2,2-3H3. The van der Waals surface area contributed by atoms with E-state index in [0.717, 1.165) is 32.4 Å². The lowest BCUT2D eigenvalue weighted by molar-refractivity contribution is 0.153. The van der Waals surface area contributed by atoms with Gasteiger partial charge in [0.15, 0.2) is 0 Å². The summed E-state index contributed by atoms with van der Waals surface area (Å²) in [4.78, 5) is 20.6. The molecule has 2 aromatic carbocycles. The molecule has 1 atom stereocenters. The number of phenols is 1. The van der Waals surface area contributed by atoms with Crippen LogP contribution in [-0.4, -0.2) is 76.3 Å². The molecule has 4 aromatic rings. The van der Waals surface area contributed by atoms with E-state index in [4.69, 9.17) is 22.1 Å². The van der Waals surface area contributed by atoms with E-state index in [1.54, 1.807) is 0 Å². The van der Waals surface area contributed by atoms with Crippen molar-refractivity contribution in [3.05, 3.63) is 47.4 Å². The molecular formula is C33H36F3N7O. The summed E-state index contributed by atoms with van der Waals surface area (Å²) >= 11 is 0. The predicted molar refractivity (Wildman–Crippen MR) is 168 cm³/mol. The number of fused-ring (bicyclic) bond motifs is 2. The first-order chi connectivity index (χ1) is 21.2. The molecule has 44 heavy (non-hydrogen) atoms. The molecule has 0 bridgehead atoms. The number of aromatic nitrogens is 3. The van der Waals surface area contributed by atoms with Crippen molar-refractivity contribution in [3.63, 3.8) is 0 Å². The van der Waals surface area contributed by atoms with Crippen molar-refractivity contribution in [3.8, 4) is 29.4 Å². The number of aromatic hydroxyl groups is 1. The van der Waals surface area contributed by atoms with Gasteiger partial charge < -0.3 is 20.6 Å². The van der Waals surface area contributed by atoms with Crippen LogP contribution < -0.4 is 15.5 Å². The first-order valence-electron chi connectivity index (χ1n) is 15.1. The molecule has 1 unspecified atom stereocenters. The van der Waals surface area contributed by atoms with Gasteiger partial charge in [-0.25, -0.2) is 18.2 Å². The van der Waals surface area contributed by atoms with E-state index in [0.29, 0.717) is 54.8 Å². The molecule has 0 spiro atoms. The summed E-state index contributed by atoms with van der Waals surface area (Å²) in [5.74, 6) is 2.38. The van der Waals surface area contributed by atoms with Gasteiger partial charge in [-0.05, 0) is 49.5 Å². The zero-order chi connectivity index (χ0) is 31.1. The van der Waals surface area contributed by atoms with Crippen LogP contribution in [0.25, 0.3) is 32.9 Å². The minimum absolute atomic E-state index is 0.0595. The lowest BCUT2D eigenvalue weighted by atomic mass is 9.93. The number of pyridine rings is 1. The summed E-state index contributed by atoms with van der Waals surface area (Å²) < 4.78 is 45.4. The Labute approximate surface area is 254 Å². The maximum absolute atomic E-state index is 15.3. The van der Waals surface area contributed by atoms with Crippen LogP contribution in [-0.2, 0) is 0 Å². The van der Waals surface area contributed by atoms with Crippen LogP contribution in [0, 0.1) is 18.2 Å². The number of nitrogens with zero attached hydrogens (tertiary/aromatic N) is 6. The van der Waals surface area contributed by atoms with Crippen LogP contribution in [0.2, 0.25) is 0 Å². The second kappa shape index (κ2) is 12.1. The van der Waals surface area contributed by atoms with Crippen molar-refractivity contribution in [1.82, 2.24) is 19.9 Å². The van der Waals surface area contributed by atoms with Crippen molar-refractivity contribution in [2.45, 2.75) is 51.6 Å². The SMILES string of the molecule is C#Cc1c(F)ccc2cc(O)cc(-c3ncc4c(N5CCCCC(N)C5)nc(N5CC(N(CC)CC)C5)nc4c3C(F)F)c12. The quantitative estimate of drug-likeness (QED) is 0.269. The Hall–Kier alpha value is -4.14. The van der Waals surface area contributed by atoms with Gasteiger partial charge in [0.1, 0.15) is 17.4 Å². The fourth-order valence-electron chi connectivity index (χ4n) is 6.59. The Morgan fingerprint density at radius 1 is 1.11 bits per heavy atom. The Bertz CT molecular complexity index is 1750. The van der Waals surface area contributed by atoms with Crippen molar-refractivity contribution in [2.75, 3.05) is 49.1 Å². The smallest absolute Gasteiger partial charge is 0.268 e. The van der Waals surface area contributed by atoms with Gasteiger partial charge in [-0.1, -0.05) is 32.3 Å². The van der Waals surface area contributed by atoms with Crippen LogP contribution in [0.3, 0.4) is 0 Å². The molecule has 2 aliphatic rings. The largest absolute Gasteiger partial charge is 0.508 e. The number of nitrogens with two attached hydrogens (primary N) is 1. The molecule has 2 aromatic heterocycles. The van der Waals surface area contributed by atoms with E-state index < -0.39 is 17.8 Å². The van der Waals surface area contributed by atoms with E-state index in [9.17, 15) is 9.50 Å². The van der Waals surface area contributed by atoms with Gasteiger partial charge in [0.05, 0.1) is 27.7 Å². The van der Waals surface area contributed by atoms with Gasteiger partial charge in [0, 0.05) is 55.4 Å². The highest BCUT2D eigenvalue weighted by molar-refractivity contribution is 6.04. The van der Waals surface area contributed by atoms with E-state index in [2.05, 4.69) is 34.6 Å². The van der Waals surface area contributed by atoms with Crippen molar-refractivity contribution in [1.29, 1.82) is 0 Å². The van der Waals surface area contributed by atoms with Gasteiger partial charge in [0.2, 0.25) is 5.95 Å². The summed E-state index contributed by atoms with van der Waals surface area (Å²) in [6, 6.07) is 5.59. The van der Waals surface area contributed by atoms with Crippen molar-refractivity contribution >= 4 is 33.4 Å². The summed E-state index contributed by atoms with van der Waals surface area (Å²) in [7, 11) is 0. The number of hydrogen-bond acceptors (Lipinski definition) is 8. The van der Waals surface area contributed by atoms with Gasteiger partial charge in [-0.15, -0.1) is 6.42 Å². The van der Waals surface area contributed by atoms with E-state index in [1.807, 2.05) is 4.90 Å². The summed E-state index contributed by atoms with van der Waals surface area (Å²) in [5.41, 5.74) is 5.93. The molecule has 0 saturated carbocycles. The lowest BCUT2D eigenvalue weighted by Gasteiger charge is -2.45. The molecule has 0 aliphatic carbocycles. The van der Waals surface area contributed by atoms with E-state index in [1.165, 1.54) is 30.5 Å². The third-order valence-electron chi connectivity index (χ3n) is 8.90. The maximum atomic E-state index is 15.3. The van der Waals surface area contributed by atoms with E-state index in [-0.39, 0.29) is 39.5 Å². The van der Waals surface area contributed by atoms with Crippen LogP contribution in [0.4, 0.5) is 24.9 Å². The van der Waals surface area contributed by atoms with Gasteiger partial charge in [-0.3, -0.25) is 9.88 Å². The number of phenolic OH excluding ortho intramolecular Hbond substituents is 1. The fraction of sp³-hybridized carbons (Fsp3) is 0.424. The summed E-state index contributed by atoms with van der Waals surface area (Å²) in [6.07, 6.45) is 6.90. The molecule has 0 radical (unpaired) electrons. The molecule has 6 rings (SSSR count). The van der Waals surface area contributed by atoms with E-state index >= 15 is 8.78 Å². The number of anilines is 2. The molecule has 11 heteroatoms. The minimum atomic E-state index is -3.00. The molecule has 2 aliphatic heterocycles. The Morgan fingerprint density at radius 2 is 1.89 bits per heavy atom. The average molecular weight is 604 g/mol. The Balaban J connectivity index is 1.60. The Morgan fingerprint density at radius 3 is 2.59 bits per heavy atom. The van der Waals surface area contributed by atoms with Crippen LogP contribution in [0.1, 0.15) is 50.7 Å². The molecule has 3 N–H and O–H groups in total. The molecule has 230 valence electrons. The maximum Gasteiger partial charge on any atom is 0.268 e. The number of likely N-dealkylation sites (N-methyl/N-ethyl adjacent to an activating group) is 1. The van der Waals surface area contributed by atoms with Crippen molar-refractivity contribution < 1.29 is 18.3 Å². The number of hydrogen-bond donors (Lipinski definition) is 2. The van der Waals surface area contributed by atoms with Crippen LogP contribution >= 0.6 is 0 Å². The zero-order valence-corrected chi connectivity index (χ0v) is 24.9. The number of benzene rings is 2. The van der Waals surface area contributed by atoms with Gasteiger partial charge >= 0.3 is 0 Å². The Kier molecular flexibility index (Phi) is 8.22. The summed E-state index contributed by atoms with van der Waals surface area (Å²) in [6.45, 7) is 8.61. The first kappa shape index (κ1) is 29.9. The monoisotopic (exact) mass is 603 g/mol. The number of terminal acetylenes is 1. The molecule has 4 heterocycles. The molecular weight excluding hydrogens is 567 g/mol. The fourth-order valence-corrected chi connectivity index (χ4v) is 6.59.